The molecular formula is C16H21NO. The lowest BCUT2D eigenvalue weighted by atomic mass is 10.0. The van der Waals surface area contributed by atoms with Crippen molar-refractivity contribution in [2.24, 2.45) is 5.73 Å². The number of hydrogen-bond acceptors (Lipinski definition) is 2. The van der Waals surface area contributed by atoms with Crippen LogP contribution >= 0.6 is 0 Å². The van der Waals surface area contributed by atoms with E-state index in [1.165, 1.54) is 21.9 Å². The third-order valence-corrected chi connectivity index (χ3v) is 2.61. The summed E-state index contributed by atoms with van der Waals surface area (Å²) < 4.78 is 0. The van der Waals surface area contributed by atoms with Crippen molar-refractivity contribution in [2.75, 3.05) is 6.54 Å². The number of aryl methyl sites for hydroxylation is 2. The summed E-state index contributed by atoms with van der Waals surface area (Å²) in [6.45, 7) is 4.75. The highest BCUT2D eigenvalue weighted by atomic mass is 16.1. The molecule has 96 valence electrons. The van der Waals surface area contributed by atoms with E-state index < -0.39 is 0 Å². The predicted octanol–water partition coefficient (Wildman–Crippen LogP) is 3.24. The second kappa shape index (κ2) is 7.62. The van der Waals surface area contributed by atoms with Crippen LogP contribution < -0.4 is 5.73 Å². The molecule has 2 aromatic carbocycles. The lowest BCUT2D eigenvalue weighted by Crippen LogP contribution is -1.87. The first-order valence-electron chi connectivity index (χ1n) is 6.34. The van der Waals surface area contributed by atoms with Crippen molar-refractivity contribution in [3.63, 3.8) is 0 Å². The molecule has 0 saturated heterocycles. The lowest BCUT2D eigenvalue weighted by molar-refractivity contribution is -0.107. The number of hydrogen-bond donors (Lipinski definition) is 1. The first kappa shape index (κ1) is 14.4. The molecule has 0 aliphatic carbocycles. The van der Waals surface area contributed by atoms with Gasteiger partial charge in [0.25, 0.3) is 0 Å². The van der Waals surface area contributed by atoms with Crippen LogP contribution in [-0.2, 0) is 11.2 Å². The van der Waals surface area contributed by atoms with Crippen molar-refractivity contribution in [1.82, 2.24) is 0 Å². The molecule has 0 fully saturated rings. The van der Waals surface area contributed by atoms with Crippen LogP contribution in [0.5, 0.6) is 0 Å². The minimum absolute atomic E-state index is 0.608. The molecule has 0 bridgehead atoms. The van der Waals surface area contributed by atoms with E-state index in [9.17, 15) is 4.79 Å². The fourth-order valence-corrected chi connectivity index (χ4v) is 1.80. The van der Waals surface area contributed by atoms with E-state index in [1.807, 2.05) is 6.92 Å². The van der Waals surface area contributed by atoms with E-state index in [4.69, 9.17) is 5.73 Å². The van der Waals surface area contributed by atoms with E-state index in [2.05, 4.69) is 43.3 Å². The molecule has 2 rings (SSSR count). The average Bonchev–Trinajstić information content (AvgIpc) is 2.36. The largest absolute Gasteiger partial charge is 0.331 e. The van der Waals surface area contributed by atoms with Crippen LogP contribution in [0.4, 0.5) is 0 Å². The summed E-state index contributed by atoms with van der Waals surface area (Å²) in [4.78, 5) is 10.3. The molecule has 0 saturated carbocycles. The number of carbonyl (C=O) groups excluding carboxylic acids is 1. The van der Waals surface area contributed by atoms with Crippen molar-refractivity contribution in [1.29, 1.82) is 0 Å². The molecule has 2 N–H and O–H groups in total. The Morgan fingerprint density at radius 2 is 1.78 bits per heavy atom. The van der Waals surface area contributed by atoms with Gasteiger partial charge in [0.05, 0.1) is 0 Å². The van der Waals surface area contributed by atoms with Crippen molar-refractivity contribution in [2.45, 2.75) is 26.7 Å². The third kappa shape index (κ3) is 4.30. The topological polar surface area (TPSA) is 43.1 Å². The molecule has 2 nitrogen and oxygen atoms in total. The van der Waals surface area contributed by atoms with Crippen LogP contribution in [0.25, 0.3) is 10.8 Å². The van der Waals surface area contributed by atoms with Crippen LogP contribution in [0.2, 0.25) is 0 Å². The van der Waals surface area contributed by atoms with Gasteiger partial charge in [-0.05, 0) is 36.2 Å². The molecule has 2 aromatic rings. The average molecular weight is 243 g/mol. The maximum absolute atomic E-state index is 10.3. The molecule has 0 aromatic heterocycles. The Morgan fingerprint density at radius 1 is 1.11 bits per heavy atom. The summed E-state index contributed by atoms with van der Waals surface area (Å²) in [5, 5.41) is 2.52. The lowest BCUT2D eigenvalue weighted by Gasteiger charge is -2.02. The molecule has 0 aliphatic rings. The van der Waals surface area contributed by atoms with Crippen molar-refractivity contribution >= 4 is 17.1 Å². The highest BCUT2D eigenvalue weighted by Gasteiger charge is 1.96. The van der Waals surface area contributed by atoms with Gasteiger partial charge >= 0.3 is 0 Å². The van der Waals surface area contributed by atoms with Crippen molar-refractivity contribution < 1.29 is 4.79 Å². The summed E-state index contributed by atoms with van der Waals surface area (Å²) >= 11 is 0. The van der Waals surface area contributed by atoms with Crippen LogP contribution in [0, 0.1) is 6.92 Å². The van der Waals surface area contributed by atoms with Gasteiger partial charge in [0.15, 0.2) is 0 Å². The maximum Gasteiger partial charge on any atom is 0.120 e. The van der Waals surface area contributed by atoms with E-state index in [-0.39, 0.29) is 0 Å². The first-order chi connectivity index (χ1) is 8.71. The van der Waals surface area contributed by atoms with Crippen LogP contribution in [0.1, 0.15) is 24.5 Å². The van der Waals surface area contributed by atoms with Gasteiger partial charge in [0, 0.05) is 6.42 Å². The van der Waals surface area contributed by atoms with Gasteiger partial charge in [-0.3, -0.25) is 0 Å². The zero-order valence-electron chi connectivity index (χ0n) is 11.1. The summed E-state index contributed by atoms with van der Waals surface area (Å²) in [7, 11) is 0. The third-order valence-electron chi connectivity index (χ3n) is 2.61. The molecule has 0 amide bonds. The number of carbonyl (C=O) groups is 1. The fourth-order valence-electron chi connectivity index (χ4n) is 1.80. The Morgan fingerprint density at radius 3 is 2.44 bits per heavy atom. The van der Waals surface area contributed by atoms with Gasteiger partial charge in [-0.15, -0.1) is 0 Å². The standard InChI is InChI=1S/C14H14O.C2H7N/c1-11-4-6-13-7-5-12(3-2-8-15)10-14(13)9-11;1-2-3/h4-10H,2-3H2,1H3;2-3H2,1H3. The van der Waals surface area contributed by atoms with Gasteiger partial charge < -0.3 is 10.5 Å². The Balaban J connectivity index is 0.000000492. The van der Waals surface area contributed by atoms with Gasteiger partial charge in [-0.1, -0.05) is 48.9 Å². The van der Waals surface area contributed by atoms with Crippen LogP contribution in [0.3, 0.4) is 0 Å². The van der Waals surface area contributed by atoms with Crippen LogP contribution in [-0.4, -0.2) is 12.8 Å². The number of rotatable bonds is 3. The second-order valence-corrected chi connectivity index (χ2v) is 4.30. The van der Waals surface area contributed by atoms with Crippen LogP contribution in [0.15, 0.2) is 36.4 Å². The number of fused-ring (bicyclic) bond motifs is 1. The maximum atomic E-state index is 10.3. The summed E-state index contributed by atoms with van der Waals surface area (Å²) in [5.41, 5.74) is 7.36. The van der Waals surface area contributed by atoms with Gasteiger partial charge in [-0.2, -0.15) is 0 Å². The molecule has 0 unspecified atom stereocenters. The molecule has 0 atom stereocenters. The second-order valence-electron chi connectivity index (χ2n) is 4.30. The van der Waals surface area contributed by atoms with E-state index >= 15 is 0 Å². The Bertz CT molecular complexity index is 505. The van der Waals surface area contributed by atoms with E-state index in [0.717, 1.165) is 19.3 Å². The summed E-state index contributed by atoms with van der Waals surface area (Å²) in [6, 6.07) is 12.8. The van der Waals surface area contributed by atoms with Gasteiger partial charge in [0.1, 0.15) is 6.29 Å². The Labute approximate surface area is 109 Å². The normalized spacial score (nSPS) is 9.72. The first-order valence-corrected chi connectivity index (χ1v) is 6.34. The number of nitrogens with two attached hydrogens (primary N) is 1. The molecule has 0 aliphatic heterocycles. The highest BCUT2D eigenvalue weighted by Crippen LogP contribution is 2.18. The van der Waals surface area contributed by atoms with Gasteiger partial charge in [-0.25, -0.2) is 0 Å². The Kier molecular flexibility index (Phi) is 6.09. The molecule has 18 heavy (non-hydrogen) atoms. The number of aldehydes is 1. The monoisotopic (exact) mass is 243 g/mol. The molecule has 0 heterocycles. The minimum atomic E-state index is 0.608. The Hall–Kier alpha value is -1.67. The smallest absolute Gasteiger partial charge is 0.120 e. The zero-order valence-corrected chi connectivity index (χ0v) is 11.1. The zero-order chi connectivity index (χ0) is 13.4. The quantitative estimate of drug-likeness (QED) is 0.841. The fraction of sp³-hybridized carbons (Fsp3) is 0.312. The van der Waals surface area contributed by atoms with E-state index in [1.54, 1.807) is 0 Å². The van der Waals surface area contributed by atoms with E-state index in [0.29, 0.717) is 6.42 Å². The highest BCUT2D eigenvalue weighted by molar-refractivity contribution is 5.83. The molecule has 0 spiro atoms. The molecule has 0 radical (unpaired) electrons. The SMILES string of the molecule is CCN.Cc1ccc2ccc(CCC=O)cc2c1. The number of benzene rings is 2. The van der Waals surface area contributed by atoms with Crippen molar-refractivity contribution in [3.05, 3.63) is 47.5 Å². The molecule has 2 heteroatoms. The minimum Gasteiger partial charge on any atom is -0.331 e. The predicted molar refractivity (Wildman–Crippen MR) is 77.8 cm³/mol. The summed E-state index contributed by atoms with van der Waals surface area (Å²) in [5.74, 6) is 0. The summed E-state index contributed by atoms with van der Waals surface area (Å²) in [6.07, 6.45) is 2.42. The van der Waals surface area contributed by atoms with Gasteiger partial charge in [0.2, 0.25) is 0 Å². The molecular weight excluding hydrogens is 222 g/mol. The van der Waals surface area contributed by atoms with Crippen molar-refractivity contribution in [3.8, 4) is 0 Å².